The van der Waals surface area contributed by atoms with Gasteiger partial charge in [-0.25, -0.2) is 0 Å². The van der Waals surface area contributed by atoms with Crippen molar-refractivity contribution < 1.29 is 14.6 Å². The number of benzene rings is 1. The molecule has 0 fully saturated rings. The van der Waals surface area contributed by atoms with Crippen molar-refractivity contribution in [3.05, 3.63) is 29.3 Å². The Kier molecular flexibility index (Phi) is 7.33. The van der Waals surface area contributed by atoms with Crippen molar-refractivity contribution in [3.8, 4) is 5.75 Å². The number of aliphatic hydroxyl groups is 1. The van der Waals surface area contributed by atoms with Crippen LogP contribution in [0.15, 0.2) is 18.2 Å². The molecule has 0 saturated heterocycles. The highest BCUT2D eigenvalue weighted by Crippen LogP contribution is 2.27. The van der Waals surface area contributed by atoms with Gasteiger partial charge < -0.3 is 19.9 Å². The maximum atomic E-state index is 9.97. The van der Waals surface area contributed by atoms with Crippen LogP contribution in [-0.4, -0.2) is 44.1 Å². The van der Waals surface area contributed by atoms with E-state index < -0.39 is 6.10 Å². The van der Waals surface area contributed by atoms with Crippen molar-refractivity contribution in [2.24, 2.45) is 0 Å². The van der Waals surface area contributed by atoms with Gasteiger partial charge in [0.1, 0.15) is 18.5 Å². The number of nitrogens with one attached hydrogen (secondary N) is 1. The van der Waals surface area contributed by atoms with Crippen molar-refractivity contribution >= 4 is 0 Å². The maximum absolute atomic E-state index is 9.97. The molecule has 1 aromatic rings. The smallest absolute Gasteiger partial charge is 0.122 e. The summed E-state index contributed by atoms with van der Waals surface area (Å²) in [6.45, 7) is 12.0. The number of methoxy groups -OCH3 is 1. The van der Waals surface area contributed by atoms with E-state index in [1.807, 2.05) is 19.9 Å². The van der Waals surface area contributed by atoms with Crippen LogP contribution < -0.4 is 10.1 Å². The predicted octanol–water partition coefficient (Wildman–Crippen LogP) is 2.66. The zero-order valence-corrected chi connectivity index (χ0v) is 14.8. The molecule has 2 N–H and O–H groups in total. The molecule has 0 bridgehead atoms. The number of ether oxygens (including phenoxy) is 2. The third-order valence-electron chi connectivity index (χ3n) is 3.59. The first-order chi connectivity index (χ1) is 10.2. The molecule has 0 aliphatic heterocycles. The van der Waals surface area contributed by atoms with E-state index in [1.165, 1.54) is 5.56 Å². The molecule has 2 unspecified atom stereocenters. The van der Waals surface area contributed by atoms with Crippen LogP contribution in [0, 0.1) is 6.92 Å². The molecule has 0 amide bonds. The molecular formula is C18H31NO3. The zero-order valence-electron chi connectivity index (χ0n) is 14.8. The first-order valence-electron chi connectivity index (χ1n) is 7.88. The SMILES string of the molecule is COCC(C)NCC(O)COc1ccc(C(C)(C)C)cc1C. The largest absolute Gasteiger partial charge is 0.491 e. The van der Waals surface area contributed by atoms with Gasteiger partial charge in [0, 0.05) is 19.7 Å². The summed E-state index contributed by atoms with van der Waals surface area (Å²) in [5.74, 6) is 0.831. The van der Waals surface area contributed by atoms with Gasteiger partial charge in [0.2, 0.25) is 0 Å². The highest BCUT2D eigenvalue weighted by molar-refractivity contribution is 5.38. The minimum absolute atomic E-state index is 0.129. The number of aryl methyl sites for hydroxylation is 1. The third-order valence-corrected chi connectivity index (χ3v) is 3.59. The zero-order chi connectivity index (χ0) is 16.8. The molecule has 0 aromatic heterocycles. The third kappa shape index (κ3) is 6.34. The van der Waals surface area contributed by atoms with Gasteiger partial charge in [0.25, 0.3) is 0 Å². The second-order valence-corrected chi connectivity index (χ2v) is 6.96. The van der Waals surface area contributed by atoms with E-state index in [0.29, 0.717) is 13.2 Å². The lowest BCUT2D eigenvalue weighted by Crippen LogP contribution is -2.38. The van der Waals surface area contributed by atoms with Gasteiger partial charge in [0.05, 0.1) is 6.61 Å². The second-order valence-electron chi connectivity index (χ2n) is 6.96. The predicted molar refractivity (Wildman–Crippen MR) is 90.7 cm³/mol. The van der Waals surface area contributed by atoms with Crippen molar-refractivity contribution in [2.45, 2.75) is 52.2 Å². The Hall–Kier alpha value is -1.10. The van der Waals surface area contributed by atoms with Crippen LogP contribution in [0.4, 0.5) is 0 Å². The summed E-state index contributed by atoms with van der Waals surface area (Å²) >= 11 is 0. The van der Waals surface area contributed by atoms with Crippen LogP contribution in [0.2, 0.25) is 0 Å². The van der Waals surface area contributed by atoms with E-state index in [-0.39, 0.29) is 18.1 Å². The van der Waals surface area contributed by atoms with Crippen molar-refractivity contribution in [1.29, 1.82) is 0 Å². The summed E-state index contributed by atoms with van der Waals surface area (Å²) in [4.78, 5) is 0. The minimum Gasteiger partial charge on any atom is -0.491 e. The van der Waals surface area contributed by atoms with E-state index in [0.717, 1.165) is 11.3 Å². The molecule has 4 nitrogen and oxygen atoms in total. The van der Waals surface area contributed by atoms with Crippen LogP contribution in [0.1, 0.15) is 38.8 Å². The maximum Gasteiger partial charge on any atom is 0.122 e. The Morgan fingerprint density at radius 2 is 1.91 bits per heavy atom. The minimum atomic E-state index is -0.541. The fourth-order valence-electron chi connectivity index (χ4n) is 2.17. The molecule has 126 valence electrons. The van der Waals surface area contributed by atoms with Gasteiger partial charge in [-0.15, -0.1) is 0 Å². The topological polar surface area (TPSA) is 50.7 Å². The molecule has 0 aliphatic rings. The molecule has 22 heavy (non-hydrogen) atoms. The van der Waals surface area contributed by atoms with Crippen LogP contribution in [0.5, 0.6) is 5.75 Å². The summed E-state index contributed by atoms with van der Waals surface area (Å²) < 4.78 is 10.8. The van der Waals surface area contributed by atoms with E-state index in [9.17, 15) is 5.11 Å². The van der Waals surface area contributed by atoms with Crippen LogP contribution in [0.3, 0.4) is 0 Å². The standard InChI is InChI=1S/C18H31NO3/c1-13-9-15(18(3,4)5)7-8-17(13)22-12-16(20)10-19-14(2)11-21-6/h7-9,14,16,19-20H,10-12H2,1-6H3. The monoisotopic (exact) mass is 309 g/mol. The van der Waals surface area contributed by atoms with Gasteiger partial charge in [-0.3, -0.25) is 0 Å². The first-order valence-corrected chi connectivity index (χ1v) is 7.88. The van der Waals surface area contributed by atoms with E-state index in [1.54, 1.807) is 7.11 Å². The van der Waals surface area contributed by atoms with E-state index in [2.05, 4.69) is 38.2 Å². The number of aliphatic hydroxyl groups excluding tert-OH is 1. The van der Waals surface area contributed by atoms with Crippen LogP contribution in [0.25, 0.3) is 0 Å². The summed E-state index contributed by atoms with van der Waals surface area (Å²) in [6.07, 6.45) is -0.541. The summed E-state index contributed by atoms with van der Waals surface area (Å²) in [7, 11) is 1.67. The molecule has 0 radical (unpaired) electrons. The number of hydrogen-bond donors (Lipinski definition) is 2. The van der Waals surface area contributed by atoms with Gasteiger partial charge in [-0.05, 0) is 36.5 Å². The summed E-state index contributed by atoms with van der Waals surface area (Å²) in [5, 5.41) is 13.2. The molecule has 4 heteroatoms. The molecule has 0 spiro atoms. The Morgan fingerprint density at radius 3 is 2.45 bits per heavy atom. The first kappa shape index (κ1) is 18.9. The molecule has 1 rings (SSSR count). The van der Waals surface area contributed by atoms with Gasteiger partial charge >= 0.3 is 0 Å². The molecule has 1 aromatic carbocycles. The molecule has 2 atom stereocenters. The Labute approximate surface area is 134 Å². The highest BCUT2D eigenvalue weighted by atomic mass is 16.5. The quantitative estimate of drug-likeness (QED) is 0.775. The number of hydrogen-bond acceptors (Lipinski definition) is 4. The molecule has 0 saturated carbocycles. The van der Waals surface area contributed by atoms with Crippen molar-refractivity contribution in [2.75, 3.05) is 26.9 Å². The Balaban J connectivity index is 2.47. The fourth-order valence-corrected chi connectivity index (χ4v) is 2.17. The van der Waals surface area contributed by atoms with Gasteiger partial charge in [-0.1, -0.05) is 32.9 Å². The normalized spacial score (nSPS) is 14.7. The van der Waals surface area contributed by atoms with E-state index >= 15 is 0 Å². The fraction of sp³-hybridized carbons (Fsp3) is 0.667. The average Bonchev–Trinajstić information content (AvgIpc) is 2.43. The van der Waals surface area contributed by atoms with E-state index in [4.69, 9.17) is 9.47 Å². The summed E-state index contributed by atoms with van der Waals surface area (Å²) in [5.41, 5.74) is 2.51. The second kappa shape index (κ2) is 8.51. The Bertz CT molecular complexity index is 454. The average molecular weight is 309 g/mol. The van der Waals surface area contributed by atoms with Crippen molar-refractivity contribution in [3.63, 3.8) is 0 Å². The number of rotatable bonds is 8. The highest BCUT2D eigenvalue weighted by Gasteiger charge is 2.15. The Morgan fingerprint density at radius 1 is 1.23 bits per heavy atom. The lowest BCUT2D eigenvalue weighted by Gasteiger charge is -2.21. The lowest BCUT2D eigenvalue weighted by molar-refractivity contribution is 0.0970. The van der Waals surface area contributed by atoms with Gasteiger partial charge in [0.15, 0.2) is 0 Å². The molecule has 0 heterocycles. The van der Waals surface area contributed by atoms with Crippen LogP contribution >= 0.6 is 0 Å². The van der Waals surface area contributed by atoms with Crippen molar-refractivity contribution in [1.82, 2.24) is 5.32 Å². The van der Waals surface area contributed by atoms with Crippen LogP contribution in [-0.2, 0) is 10.2 Å². The lowest BCUT2D eigenvalue weighted by atomic mass is 9.86. The molecule has 0 aliphatic carbocycles. The molecular weight excluding hydrogens is 278 g/mol. The summed E-state index contributed by atoms with van der Waals surface area (Å²) in [6, 6.07) is 6.45. The van der Waals surface area contributed by atoms with Gasteiger partial charge in [-0.2, -0.15) is 0 Å².